The van der Waals surface area contributed by atoms with E-state index in [9.17, 15) is 18.5 Å². The van der Waals surface area contributed by atoms with E-state index in [1.54, 1.807) is 0 Å². The average Bonchev–Trinajstić information content (AvgIpc) is 2.83. The lowest BCUT2D eigenvalue weighted by atomic mass is 10.3. The Bertz CT molecular complexity index is 714. The summed E-state index contributed by atoms with van der Waals surface area (Å²) in [7, 11) is -3.92. The Morgan fingerprint density at radius 2 is 1.90 bits per heavy atom. The van der Waals surface area contributed by atoms with E-state index in [1.807, 2.05) is 0 Å². The SMILES string of the molecule is O=[N+]([O-])c1c(Cl)ccc(S(=O)(=O)NC2C3CNCC32)c1Cl. The molecule has 1 heterocycles. The predicted molar refractivity (Wildman–Crippen MR) is 77.1 cm³/mol. The fourth-order valence-electron chi connectivity index (χ4n) is 2.73. The highest BCUT2D eigenvalue weighted by atomic mass is 35.5. The molecule has 2 aliphatic rings. The second kappa shape index (κ2) is 5.06. The molecule has 1 saturated heterocycles. The summed E-state index contributed by atoms with van der Waals surface area (Å²) < 4.78 is 27.2. The van der Waals surface area contributed by atoms with Crippen LogP contribution in [0.1, 0.15) is 0 Å². The summed E-state index contributed by atoms with van der Waals surface area (Å²) in [6.45, 7) is 1.54. The summed E-state index contributed by atoms with van der Waals surface area (Å²) in [4.78, 5) is 9.82. The van der Waals surface area contributed by atoms with Gasteiger partial charge >= 0.3 is 5.69 Å². The first-order valence-corrected chi connectivity index (χ1v) is 8.42. The highest BCUT2D eigenvalue weighted by Crippen LogP contribution is 2.43. The molecule has 1 aliphatic carbocycles. The highest BCUT2D eigenvalue weighted by molar-refractivity contribution is 7.89. The first-order chi connectivity index (χ1) is 9.83. The van der Waals surface area contributed by atoms with E-state index in [-0.39, 0.29) is 27.8 Å². The van der Waals surface area contributed by atoms with E-state index in [0.717, 1.165) is 19.2 Å². The predicted octanol–water partition coefficient (Wildman–Crippen LogP) is 1.40. The van der Waals surface area contributed by atoms with Gasteiger partial charge in [0.1, 0.15) is 14.9 Å². The van der Waals surface area contributed by atoms with E-state index < -0.39 is 25.7 Å². The van der Waals surface area contributed by atoms with E-state index in [0.29, 0.717) is 0 Å². The van der Waals surface area contributed by atoms with Crippen molar-refractivity contribution in [2.75, 3.05) is 13.1 Å². The number of benzene rings is 1. The Morgan fingerprint density at radius 1 is 1.29 bits per heavy atom. The Morgan fingerprint density at radius 3 is 2.48 bits per heavy atom. The number of nitro groups is 1. The molecule has 1 saturated carbocycles. The zero-order valence-corrected chi connectivity index (χ0v) is 12.9. The number of hydrogen-bond donors (Lipinski definition) is 2. The van der Waals surface area contributed by atoms with Gasteiger partial charge in [-0.15, -0.1) is 0 Å². The Kier molecular flexibility index (Phi) is 3.61. The smallest absolute Gasteiger partial charge is 0.307 e. The molecule has 2 atom stereocenters. The third kappa shape index (κ3) is 2.51. The summed E-state index contributed by atoms with van der Waals surface area (Å²) in [6.07, 6.45) is 0. The minimum Gasteiger partial charge on any atom is -0.316 e. The summed E-state index contributed by atoms with van der Waals surface area (Å²) >= 11 is 11.6. The average molecular weight is 352 g/mol. The zero-order chi connectivity index (χ0) is 15.4. The maximum atomic E-state index is 12.3. The van der Waals surface area contributed by atoms with Gasteiger partial charge in [-0.2, -0.15) is 0 Å². The standard InChI is InChI=1S/C11H11Cl2N3O4S/c12-7-1-2-8(9(13)11(7)16(17)18)21(19,20)15-10-5-3-14-4-6(5)10/h1-2,5-6,10,14-15H,3-4H2. The summed E-state index contributed by atoms with van der Waals surface area (Å²) in [5, 5.41) is 13.4. The molecule has 114 valence electrons. The number of halogens is 2. The molecular formula is C11H11Cl2N3O4S. The minimum absolute atomic E-state index is 0.137. The molecule has 2 fully saturated rings. The first-order valence-electron chi connectivity index (χ1n) is 6.18. The Labute approximate surface area is 130 Å². The van der Waals surface area contributed by atoms with Crippen LogP contribution in [0.2, 0.25) is 10.0 Å². The molecule has 3 rings (SSSR count). The summed E-state index contributed by atoms with van der Waals surface area (Å²) in [5.74, 6) is 0.557. The highest BCUT2D eigenvalue weighted by Gasteiger charge is 2.54. The molecule has 1 aromatic carbocycles. The molecule has 0 aromatic heterocycles. The van der Waals surface area contributed by atoms with Crippen LogP contribution < -0.4 is 10.0 Å². The molecule has 0 amide bonds. The van der Waals surface area contributed by atoms with Crippen molar-refractivity contribution in [2.24, 2.45) is 11.8 Å². The van der Waals surface area contributed by atoms with Gasteiger partial charge in [0.15, 0.2) is 0 Å². The van der Waals surface area contributed by atoms with Crippen LogP contribution in [-0.2, 0) is 10.0 Å². The number of sulfonamides is 1. The number of rotatable bonds is 4. The van der Waals surface area contributed by atoms with E-state index >= 15 is 0 Å². The van der Waals surface area contributed by atoms with Crippen molar-refractivity contribution in [3.8, 4) is 0 Å². The van der Waals surface area contributed by atoms with E-state index in [1.165, 1.54) is 6.07 Å². The van der Waals surface area contributed by atoms with Crippen molar-refractivity contribution in [3.05, 3.63) is 32.3 Å². The van der Waals surface area contributed by atoms with Gasteiger partial charge in [0.25, 0.3) is 0 Å². The number of piperidine rings is 1. The van der Waals surface area contributed by atoms with Crippen LogP contribution in [0.4, 0.5) is 5.69 Å². The number of hydrogen-bond acceptors (Lipinski definition) is 5. The van der Waals surface area contributed by atoms with Crippen molar-refractivity contribution in [2.45, 2.75) is 10.9 Å². The van der Waals surface area contributed by atoms with Crippen molar-refractivity contribution in [1.82, 2.24) is 10.0 Å². The molecule has 0 radical (unpaired) electrons. The second-order valence-corrected chi connectivity index (χ2v) is 7.57. The van der Waals surface area contributed by atoms with E-state index in [2.05, 4.69) is 10.0 Å². The molecule has 2 N–H and O–H groups in total. The number of nitro benzene ring substituents is 1. The second-order valence-electron chi connectivity index (χ2n) is 5.10. The zero-order valence-electron chi connectivity index (χ0n) is 10.5. The molecule has 0 spiro atoms. The fraction of sp³-hybridized carbons (Fsp3) is 0.455. The summed E-state index contributed by atoms with van der Waals surface area (Å²) in [6, 6.07) is 2.20. The number of fused-ring (bicyclic) bond motifs is 1. The molecular weight excluding hydrogens is 341 g/mol. The maximum absolute atomic E-state index is 12.3. The molecule has 1 aliphatic heterocycles. The van der Waals surface area contributed by atoms with Gasteiger partial charge in [0.2, 0.25) is 10.0 Å². The lowest BCUT2D eigenvalue weighted by molar-refractivity contribution is -0.384. The maximum Gasteiger partial charge on any atom is 0.307 e. The molecule has 0 bridgehead atoms. The van der Waals surface area contributed by atoms with Crippen molar-refractivity contribution in [3.63, 3.8) is 0 Å². The third-order valence-electron chi connectivity index (χ3n) is 3.89. The molecule has 1 aromatic rings. The molecule has 10 heteroatoms. The normalized spacial score (nSPS) is 27.4. The van der Waals surface area contributed by atoms with Crippen molar-refractivity contribution >= 4 is 38.9 Å². The Hall–Kier alpha value is -0.930. The number of nitrogens with one attached hydrogen (secondary N) is 2. The Balaban J connectivity index is 1.92. The monoisotopic (exact) mass is 351 g/mol. The van der Waals surface area contributed by atoms with Crippen molar-refractivity contribution in [1.29, 1.82) is 0 Å². The topological polar surface area (TPSA) is 101 Å². The van der Waals surface area contributed by atoms with E-state index in [4.69, 9.17) is 23.2 Å². The van der Waals surface area contributed by atoms with Crippen LogP contribution in [0.5, 0.6) is 0 Å². The van der Waals surface area contributed by atoms with Crippen LogP contribution in [-0.4, -0.2) is 32.5 Å². The van der Waals surface area contributed by atoms with Gasteiger partial charge in [-0.25, -0.2) is 13.1 Å². The lowest BCUT2D eigenvalue weighted by Crippen LogP contribution is -2.32. The fourth-order valence-corrected chi connectivity index (χ4v) is 4.96. The van der Waals surface area contributed by atoms with Gasteiger partial charge in [-0.3, -0.25) is 10.1 Å². The van der Waals surface area contributed by atoms with Crippen LogP contribution in [0, 0.1) is 22.0 Å². The van der Waals surface area contributed by atoms with Gasteiger partial charge in [-0.05, 0) is 37.1 Å². The molecule has 7 nitrogen and oxygen atoms in total. The lowest BCUT2D eigenvalue weighted by Gasteiger charge is -2.10. The third-order valence-corrected chi connectivity index (χ3v) is 6.19. The minimum atomic E-state index is -3.92. The summed E-state index contributed by atoms with van der Waals surface area (Å²) in [5.41, 5.74) is -0.598. The van der Waals surface area contributed by atoms with Crippen LogP contribution in [0.25, 0.3) is 0 Å². The van der Waals surface area contributed by atoms with Crippen LogP contribution >= 0.6 is 23.2 Å². The van der Waals surface area contributed by atoms with Gasteiger partial charge in [-0.1, -0.05) is 23.2 Å². The largest absolute Gasteiger partial charge is 0.316 e. The van der Waals surface area contributed by atoms with Crippen LogP contribution in [0.15, 0.2) is 17.0 Å². The first kappa shape index (κ1) is 15.0. The van der Waals surface area contributed by atoms with Gasteiger partial charge in [0.05, 0.1) is 4.92 Å². The quantitative estimate of drug-likeness (QED) is 0.630. The molecule has 2 unspecified atom stereocenters. The van der Waals surface area contributed by atoms with Gasteiger partial charge in [0, 0.05) is 6.04 Å². The van der Waals surface area contributed by atoms with Crippen molar-refractivity contribution < 1.29 is 13.3 Å². The number of nitrogens with zero attached hydrogens (tertiary/aromatic N) is 1. The van der Waals surface area contributed by atoms with Gasteiger partial charge < -0.3 is 5.32 Å². The van der Waals surface area contributed by atoms with Crippen LogP contribution in [0.3, 0.4) is 0 Å². The molecule has 21 heavy (non-hydrogen) atoms.